The minimum atomic E-state index is -0.340. The molecule has 4 heteroatoms. The molecule has 2 aromatic carbocycles. The van der Waals surface area contributed by atoms with Crippen molar-refractivity contribution in [3.63, 3.8) is 0 Å². The van der Waals surface area contributed by atoms with Crippen LogP contribution >= 0.6 is 15.9 Å². The zero-order valence-corrected chi connectivity index (χ0v) is 14.4. The molecular weight excluding hydrogens is 344 g/mol. The third kappa shape index (κ3) is 4.10. The Bertz CT molecular complexity index is 638. The Hall–Kier alpha value is -1.81. The number of methoxy groups -OCH3 is 1. The number of hydrogen-bond acceptors (Lipinski definition) is 3. The molecule has 0 atom stereocenters. The zero-order chi connectivity index (χ0) is 15.9. The van der Waals surface area contributed by atoms with Crippen LogP contribution in [0.15, 0.2) is 46.9 Å². The average molecular weight is 363 g/mol. The SMILES string of the molecule is CCCc1cc(C(=O)OC)cc(Br)c1OCc1ccccc1. The van der Waals surface area contributed by atoms with E-state index in [0.29, 0.717) is 12.2 Å². The van der Waals surface area contributed by atoms with Crippen LogP contribution in [0.1, 0.15) is 34.8 Å². The molecule has 0 spiro atoms. The number of rotatable bonds is 6. The molecule has 0 aliphatic rings. The van der Waals surface area contributed by atoms with Gasteiger partial charge in [0, 0.05) is 0 Å². The van der Waals surface area contributed by atoms with Gasteiger partial charge in [-0.15, -0.1) is 0 Å². The van der Waals surface area contributed by atoms with E-state index in [1.54, 1.807) is 6.07 Å². The fraction of sp³-hybridized carbons (Fsp3) is 0.278. The Labute approximate surface area is 139 Å². The highest BCUT2D eigenvalue weighted by molar-refractivity contribution is 9.10. The number of aryl methyl sites for hydroxylation is 1. The lowest BCUT2D eigenvalue weighted by atomic mass is 10.1. The number of benzene rings is 2. The zero-order valence-electron chi connectivity index (χ0n) is 12.8. The largest absolute Gasteiger partial charge is 0.487 e. The lowest BCUT2D eigenvalue weighted by Crippen LogP contribution is -2.05. The summed E-state index contributed by atoms with van der Waals surface area (Å²) in [4.78, 5) is 11.7. The molecule has 0 bridgehead atoms. The molecule has 0 saturated carbocycles. The Kier molecular flexibility index (Phi) is 6.01. The lowest BCUT2D eigenvalue weighted by molar-refractivity contribution is 0.0600. The molecule has 0 aromatic heterocycles. The van der Waals surface area contributed by atoms with Crippen LogP contribution < -0.4 is 4.74 Å². The van der Waals surface area contributed by atoms with E-state index in [1.807, 2.05) is 36.4 Å². The maximum atomic E-state index is 11.7. The van der Waals surface area contributed by atoms with Gasteiger partial charge >= 0.3 is 5.97 Å². The molecule has 0 fully saturated rings. The predicted molar refractivity (Wildman–Crippen MR) is 90.3 cm³/mol. The molecule has 0 heterocycles. The average Bonchev–Trinajstić information content (AvgIpc) is 2.54. The monoisotopic (exact) mass is 362 g/mol. The van der Waals surface area contributed by atoms with Crippen molar-refractivity contribution < 1.29 is 14.3 Å². The standard InChI is InChI=1S/C18H19BrO3/c1-3-7-14-10-15(18(20)21-2)11-16(19)17(14)22-12-13-8-5-4-6-9-13/h4-6,8-11H,3,7,12H2,1-2H3. The predicted octanol–water partition coefficient (Wildman–Crippen LogP) is 4.77. The van der Waals surface area contributed by atoms with Gasteiger partial charge in [-0.1, -0.05) is 43.7 Å². The van der Waals surface area contributed by atoms with E-state index in [9.17, 15) is 4.79 Å². The quantitative estimate of drug-likeness (QED) is 0.694. The highest BCUT2D eigenvalue weighted by Crippen LogP contribution is 2.32. The van der Waals surface area contributed by atoms with Gasteiger partial charge in [0.25, 0.3) is 0 Å². The fourth-order valence-corrected chi connectivity index (χ4v) is 2.85. The van der Waals surface area contributed by atoms with Crippen molar-refractivity contribution in [1.82, 2.24) is 0 Å². The van der Waals surface area contributed by atoms with Gasteiger partial charge in [0.1, 0.15) is 12.4 Å². The Balaban J connectivity index is 2.27. The first-order valence-corrected chi connectivity index (χ1v) is 8.02. The van der Waals surface area contributed by atoms with E-state index in [2.05, 4.69) is 22.9 Å². The van der Waals surface area contributed by atoms with Crippen LogP contribution in [0, 0.1) is 0 Å². The molecule has 0 amide bonds. The van der Waals surface area contributed by atoms with E-state index in [4.69, 9.17) is 9.47 Å². The van der Waals surface area contributed by atoms with E-state index in [-0.39, 0.29) is 5.97 Å². The summed E-state index contributed by atoms with van der Waals surface area (Å²) in [5.41, 5.74) is 2.65. The van der Waals surface area contributed by atoms with Gasteiger partial charge in [0.05, 0.1) is 17.1 Å². The second-order valence-corrected chi connectivity index (χ2v) is 5.82. The van der Waals surface area contributed by atoms with Crippen LogP contribution in [0.25, 0.3) is 0 Å². The first kappa shape index (κ1) is 16.6. The van der Waals surface area contributed by atoms with Gasteiger partial charge < -0.3 is 9.47 Å². The van der Waals surface area contributed by atoms with E-state index < -0.39 is 0 Å². The molecule has 0 N–H and O–H groups in total. The van der Waals surface area contributed by atoms with Crippen LogP contribution in [-0.2, 0) is 17.8 Å². The van der Waals surface area contributed by atoms with Crippen molar-refractivity contribution in [3.05, 3.63) is 63.6 Å². The molecule has 116 valence electrons. The molecule has 3 nitrogen and oxygen atoms in total. The summed E-state index contributed by atoms with van der Waals surface area (Å²) in [5.74, 6) is 0.450. The Morgan fingerprint density at radius 2 is 1.91 bits per heavy atom. The minimum absolute atomic E-state index is 0.340. The number of esters is 1. The van der Waals surface area contributed by atoms with Crippen molar-refractivity contribution in [2.45, 2.75) is 26.4 Å². The minimum Gasteiger partial charge on any atom is -0.487 e. The third-order valence-corrected chi connectivity index (χ3v) is 3.88. The van der Waals surface area contributed by atoms with Crippen LogP contribution in [0.3, 0.4) is 0 Å². The topological polar surface area (TPSA) is 35.5 Å². The van der Waals surface area contributed by atoms with Crippen molar-refractivity contribution in [1.29, 1.82) is 0 Å². The molecule has 2 rings (SSSR count). The van der Waals surface area contributed by atoms with E-state index in [1.165, 1.54) is 7.11 Å². The first-order chi connectivity index (χ1) is 10.7. The molecule has 0 saturated heterocycles. The van der Waals surface area contributed by atoms with Gasteiger partial charge in [-0.3, -0.25) is 0 Å². The molecular formula is C18H19BrO3. The smallest absolute Gasteiger partial charge is 0.337 e. The van der Waals surface area contributed by atoms with Gasteiger partial charge in [0.2, 0.25) is 0 Å². The molecule has 0 unspecified atom stereocenters. The maximum Gasteiger partial charge on any atom is 0.337 e. The fourth-order valence-electron chi connectivity index (χ4n) is 2.23. The summed E-state index contributed by atoms with van der Waals surface area (Å²) >= 11 is 3.51. The Morgan fingerprint density at radius 1 is 1.18 bits per heavy atom. The molecule has 0 aliphatic heterocycles. The highest BCUT2D eigenvalue weighted by atomic mass is 79.9. The molecule has 0 aliphatic carbocycles. The second-order valence-electron chi connectivity index (χ2n) is 4.96. The number of halogens is 1. The maximum absolute atomic E-state index is 11.7. The molecule has 2 aromatic rings. The summed E-state index contributed by atoms with van der Waals surface area (Å²) < 4.78 is 11.5. The number of carbonyl (C=O) groups is 1. The van der Waals surface area contributed by atoms with Crippen molar-refractivity contribution >= 4 is 21.9 Å². The van der Waals surface area contributed by atoms with Gasteiger partial charge in [0.15, 0.2) is 0 Å². The molecule has 0 radical (unpaired) electrons. The van der Waals surface area contributed by atoms with Gasteiger partial charge in [-0.25, -0.2) is 4.79 Å². The van der Waals surface area contributed by atoms with Crippen molar-refractivity contribution in [2.75, 3.05) is 7.11 Å². The van der Waals surface area contributed by atoms with E-state index in [0.717, 1.165) is 34.2 Å². The van der Waals surface area contributed by atoms with Crippen molar-refractivity contribution in [2.24, 2.45) is 0 Å². The normalized spacial score (nSPS) is 10.3. The van der Waals surface area contributed by atoms with Crippen LogP contribution in [0.4, 0.5) is 0 Å². The summed E-state index contributed by atoms with van der Waals surface area (Å²) in [6.07, 6.45) is 1.81. The molecule has 22 heavy (non-hydrogen) atoms. The van der Waals surface area contributed by atoms with Crippen molar-refractivity contribution in [3.8, 4) is 5.75 Å². The first-order valence-electron chi connectivity index (χ1n) is 7.23. The van der Waals surface area contributed by atoms with E-state index >= 15 is 0 Å². The van der Waals surface area contributed by atoms with Gasteiger partial charge in [-0.05, 0) is 45.6 Å². The third-order valence-electron chi connectivity index (χ3n) is 3.29. The number of ether oxygens (including phenoxy) is 2. The van der Waals surface area contributed by atoms with Crippen LogP contribution in [0.5, 0.6) is 5.75 Å². The highest BCUT2D eigenvalue weighted by Gasteiger charge is 2.15. The summed E-state index contributed by atoms with van der Waals surface area (Å²) in [7, 11) is 1.38. The summed E-state index contributed by atoms with van der Waals surface area (Å²) in [6, 6.07) is 13.6. The summed E-state index contributed by atoms with van der Waals surface area (Å²) in [6.45, 7) is 2.59. The Morgan fingerprint density at radius 3 is 2.55 bits per heavy atom. The number of carbonyl (C=O) groups excluding carboxylic acids is 1. The second kappa shape index (κ2) is 7.99. The summed E-state index contributed by atoms with van der Waals surface area (Å²) in [5, 5.41) is 0. The van der Waals surface area contributed by atoms with Gasteiger partial charge in [-0.2, -0.15) is 0 Å². The van der Waals surface area contributed by atoms with Crippen LogP contribution in [-0.4, -0.2) is 13.1 Å². The van der Waals surface area contributed by atoms with Crippen LogP contribution in [0.2, 0.25) is 0 Å². The lowest BCUT2D eigenvalue weighted by Gasteiger charge is -2.15. The number of hydrogen-bond donors (Lipinski definition) is 0.